The number of nitrogens with one attached hydrogen (secondary N) is 1. The number of amides is 1. The van der Waals surface area contributed by atoms with Crippen LogP contribution in [0.25, 0.3) is 0 Å². The van der Waals surface area contributed by atoms with Crippen molar-refractivity contribution >= 4 is 5.91 Å². The molecule has 0 aromatic carbocycles. The van der Waals surface area contributed by atoms with E-state index in [1.807, 2.05) is 25.6 Å². The zero-order valence-electron chi connectivity index (χ0n) is 14.2. The fourth-order valence-electron chi connectivity index (χ4n) is 3.03. The van der Waals surface area contributed by atoms with Crippen LogP contribution in [0, 0.1) is 19.3 Å². The van der Waals surface area contributed by atoms with Crippen LogP contribution in [-0.2, 0) is 18.3 Å². The Labute approximate surface area is 122 Å². The standard InChI is InChI=1S/C16H29N3O/c1-11-13(12(2)19(8)18-11)9-14(20)17-16(6,7)10-15(3,4)5/h9-10H2,1-8H3,(H,17,20). The molecule has 0 aliphatic carbocycles. The minimum atomic E-state index is -0.195. The zero-order valence-corrected chi connectivity index (χ0v) is 14.2. The zero-order chi connectivity index (χ0) is 15.7. The number of hydrogen-bond acceptors (Lipinski definition) is 2. The predicted octanol–water partition coefficient (Wildman–Crippen LogP) is 2.91. The molecule has 4 heteroatoms. The average molecular weight is 279 g/mol. The summed E-state index contributed by atoms with van der Waals surface area (Å²) >= 11 is 0. The monoisotopic (exact) mass is 279 g/mol. The summed E-state index contributed by atoms with van der Waals surface area (Å²) in [5.41, 5.74) is 3.03. The summed E-state index contributed by atoms with van der Waals surface area (Å²) in [6.07, 6.45) is 1.34. The summed E-state index contributed by atoms with van der Waals surface area (Å²) in [5.74, 6) is 0.0680. The molecule has 114 valence electrons. The molecule has 0 saturated carbocycles. The Bertz CT molecular complexity index is 493. The van der Waals surface area contributed by atoms with Gasteiger partial charge < -0.3 is 5.32 Å². The van der Waals surface area contributed by atoms with Crippen molar-refractivity contribution < 1.29 is 4.79 Å². The van der Waals surface area contributed by atoms with Crippen molar-refractivity contribution in [2.24, 2.45) is 12.5 Å². The molecule has 1 heterocycles. The third-order valence-electron chi connectivity index (χ3n) is 3.45. The van der Waals surface area contributed by atoms with E-state index < -0.39 is 0 Å². The predicted molar refractivity (Wildman–Crippen MR) is 82.7 cm³/mol. The second kappa shape index (κ2) is 5.58. The van der Waals surface area contributed by atoms with Gasteiger partial charge in [-0.1, -0.05) is 20.8 Å². The van der Waals surface area contributed by atoms with E-state index in [1.54, 1.807) is 0 Å². The Morgan fingerprint density at radius 3 is 2.15 bits per heavy atom. The van der Waals surface area contributed by atoms with E-state index in [2.05, 4.69) is 45.0 Å². The van der Waals surface area contributed by atoms with Gasteiger partial charge in [-0.15, -0.1) is 0 Å². The van der Waals surface area contributed by atoms with Crippen LogP contribution in [0.2, 0.25) is 0 Å². The first-order chi connectivity index (χ1) is 8.91. The van der Waals surface area contributed by atoms with E-state index in [9.17, 15) is 4.79 Å². The third-order valence-corrected chi connectivity index (χ3v) is 3.45. The molecule has 1 aromatic rings. The SMILES string of the molecule is Cc1nn(C)c(C)c1CC(=O)NC(C)(C)CC(C)(C)C. The van der Waals surface area contributed by atoms with Crippen LogP contribution in [0.1, 0.15) is 58.0 Å². The summed E-state index contributed by atoms with van der Waals surface area (Å²) in [4.78, 5) is 12.3. The fourth-order valence-corrected chi connectivity index (χ4v) is 3.03. The first-order valence-corrected chi connectivity index (χ1v) is 7.21. The van der Waals surface area contributed by atoms with Crippen LogP contribution < -0.4 is 5.32 Å². The number of carbonyl (C=O) groups is 1. The van der Waals surface area contributed by atoms with Gasteiger partial charge in [-0.3, -0.25) is 9.48 Å². The van der Waals surface area contributed by atoms with Crippen molar-refractivity contribution in [2.75, 3.05) is 0 Å². The van der Waals surface area contributed by atoms with Gasteiger partial charge in [0.25, 0.3) is 0 Å². The lowest BCUT2D eigenvalue weighted by molar-refractivity contribution is -0.122. The van der Waals surface area contributed by atoms with E-state index in [4.69, 9.17) is 0 Å². The van der Waals surface area contributed by atoms with Gasteiger partial charge in [0, 0.05) is 23.8 Å². The normalized spacial score (nSPS) is 12.6. The van der Waals surface area contributed by atoms with Gasteiger partial charge in [-0.05, 0) is 39.5 Å². The van der Waals surface area contributed by atoms with E-state index in [-0.39, 0.29) is 16.9 Å². The molecular weight excluding hydrogens is 250 g/mol. The van der Waals surface area contributed by atoms with Crippen LogP contribution >= 0.6 is 0 Å². The van der Waals surface area contributed by atoms with Gasteiger partial charge in [0.2, 0.25) is 5.91 Å². The van der Waals surface area contributed by atoms with Crippen molar-refractivity contribution in [1.82, 2.24) is 15.1 Å². The molecule has 0 fully saturated rings. The van der Waals surface area contributed by atoms with Gasteiger partial charge in [0.15, 0.2) is 0 Å². The smallest absolute Gasteiger partial charge is 0.224 e. The summed E-state index contributed by atoms with van der Waals surface area (Å²) in [6, 6.07) is 0. The van der Waals surface area contributed by atoms with Crippen LogP contribution in [0.3, 0.4) is 0 Å². The maximum absolute atomic E-state index is 12.3. The van der Waals surface area contributed by atoms with Crippen molar-refractivity contribution in [3.8, 4) is 0 Å². The molecule has 0 unspecified atom stereocenters. The van der Waals surface area contributed by atoms with Gasteiger partial charge in [-0.2, -0.15) is 5.10 Å². The number of carbonyl (C=O) groups excluding carboxylic acids is 1. The largest absolute Gasteiger partial charge is 0.351 e. The molecule has 0 aliphatic rings. The van der Waals surface area contributed by atoms with E-state index in [1.165, 1.54) is 0 Å². The Kier molecular flexibility index (Phi) is 4.67. The van der Waals surface area contributed by atoms with Crippen molar-refractivity contribution in [1.29, 1.82) is 0 Å². The lowest BCUT2D eigenvalue weighted by atomic mass is 9.81. The summed E-state index contributed by atoms with van der Waals surface area (Å²) < 4.78 is 1.83. The number of aryl methyl sites for hydroxylation is 2. The van der Waals surface area contributed by atoms with E-state index in [0.29, 0.717) is 6.42 Å². The number of rotatable bonds is 4. The van der Waals surface area contributed by atoms with Crippen LogP contribution in [-0.4, -0.2) is 21.2 Å². The third kappa shape index (κ3) is 4.66. The molecule has 0 saturated heterocycles. The van der Waals surface area contributed by atoms with E-state index >= 15 is 0 Å². The molecule has 1 rings (SSSR count). The van der Waals surface area contributed by atoms with Crippen LogP contribution in [0.4, 0.5) is 0 Å². The van der Waals surface area contributed by atoms with E-state index in [0.717, 1.165) is 23.4 Å². The first kappa shape index (κ1) is 16.7. The Morgan fingerprint density at radius 2 is 1.75 bits per heavy atom. The fraction of sp³-hybridized carbons (Fsp3) is 0.750. The van der Waals surface area contributed by atoms with Crippen molar-refractivity contribution in [3.05, 3.63) is 17.0 Å². The van der Waals surface area contributed by atoms with Gasteiger partial charge in [0.1, 0.15) is 0 Å². The molecule has 0 aliphatic heterocycles. The minimum absolute atomic E-state index is 0.0680. The number of hydrogen-bond donors (Lipinski definition) is 1. The number of aromatic nitrogens is 2. The number of nitrogens with zero attached hydrogens (tertiary/aromatic N) is 2. The average Bonchev–Trinajstić information content (AvgIpc) is 2.40. The molecule has 0 atom stereocenters. The highest BCUT2D eigenvalue weighted by Gasteiger charge is 2.27. The summed E-state index contributed by atoms with van der Waals surface area (Å²) in [6.45, 7) is 14.7. The minimum Gasteiger partial charge on any atom is -0.351 e. The second-order valence-electron chi connectivity index (χ2n) is 7.62. The molecule has 0 bridgehead atoms. The summed E-state index contributed by atoms with van der Waals surface area (Å²) in [7, 11) is 1.91. The van der Waals surface area contributed by atoms with Gasteiger partial charge in [0.05, 0.1) is 12.1 Å². The topological polar surface area (TPSA) is 46.9 Å². The lowest BCUT2D eigenvalue weighted by Crippen LogP contribution is -2.46. The van der Waals surface area contributed by atoms with Crippen molar-refractivity contribution in [3.63, 3.8) is 0 Å². The Morgan fingerprint density at radius 1 is 1.20 bits per heavy atom. The highest BCUT2D eigenvalue weighted by Crippen LogP contribution is 2.27. The second-order valence-corrected chi connectivity index (χ2v) is 7.62. The quantitative estimate of drug-likeness (QED) is 0.921. The van der Waals surface area contributed by atoms with Gasteiger partial charge in [-0.25, -0.2) is 0 Å². The van der Waals surface area contributed by atoms with Crippen LogP contribution in [0.5, 0.6) is 0 Å². The van der Waals surface area contributed by atoms with Crippen LogP contribution in [0.15, 0.2) is 0 Å². The van der Waals surface area contributed by atoms with Gasteiger partial charge >= 0.3 is 0 Å². The maximum Gasteiger partial charge on any atom is 0.224 e. The molecule has 1 aromatic heterocycles. The molecule has 0 spiro atoms. The Balaban J connectivity index is 2.73. The maximum atomic E-state index is 12.3. The Hall–Kier alpha value is -1.32. The molecule has 1 amide bonds. The molecule has 1 N–H and O–H groups in total. The highest BCUT2D eigenvalue weighted by atomic mass is 16.1. The lowest BCUT2D eigenvalue weighted by Gasteiger charge is -2.33. The molecular formula is C16H29N3O. The highest BCUT2D eigenvalue weighted by molar-refractivity contribution is 5.79. The van der Waals surface area contributed by atoms with Crippen molar-refractivity contribution in [2.45, 2.75) is 66.8 Å². The molecule has 4 nitrogen and oxygen atoms in total. The molecule has 20 heavy (non-hydrogen) atoms. The summed E-state index contributed by atoms with van der Waals surface area (Å²) in [5, 5.41) is 7.51. The molecule has 0 radical (unpaired) electrons. The first-order valence-electron chi connectivity index (χ1n) is 7.21.